The van der Waals surface area contributed by atoms with Gasteiger partial charge < -0.3 is 14.8 Å². The Hall–Kier alpha value is -4.46. The number of carbonyl (C=O) groups excluding carboxylic acids is 2. The van der Waals surface area contributed by atoms with Crippen LogP contribution in [0.1, 0.15) is 49.5 Å². The van der Waals surface area contributed by atoms with Crippen LogP contribution in [0, 0.1) is 13.8 Å². The van der Waals surface area contributed by atoms with Crippen LogP contribution in [-0.4, -0.2) is 57.3 Å². The Morgan fingerprint density at radius 1 is 1.00 bits per heavy atom. The molecule has 5 aromatic rings. The first-order chi connectivity index (χ1) is 22.4. The van der Waals surface area contributed by atoms with Crippen molar-refractivity contribution in [3.8, 4) is 17.2 Å². The van der Waals surface area contributed by atoms with Gasteiger partial charge in [-0.2, -0.15) is 5.10 Å². The molecule has 4 heterocycles. The summed E-state index contributed by atoms with van der Waals surface area (Å²) in [5, 5.41) is 22.7. The molecule has 1 aliphatic rings. The van der Waals surface area contributed by atoms with Gasteiger partial charge in [-0.1, -0.05) is 48.2 Å². The SMILES string of the molecule is COc1cccc(C2CC(c3cccs3)=NN2C(=O)CSc2nnc(CNC(=O)c3cccs3)n2-c2cc(C)ccc2C)c1OC. The summed E-state index contributed by atoms with van der Waals surface area (Å²) in [7, 11) is 3.19. The van der Waals surface area contributed by atoms with E-state index in [4.69, 9.17) is 14.6 Å². The van der Waals surface area contributed by atoms with Crippen LogP contribution in [0.25, 0.3) is 5.69 Å². The van der Waals surface area contributed by atoms with Crippen LogP contribution < -0.4 is 14.8 Å². The minimum atomic E-state index is -0.379. The molecule has 0 saturated heterocycles. The number of methoxy groups -OCH3 is 2. The lowest BCUT2D eigenvalue weighted by molar-refractivity contribution is -0.130. The Kier molecular flexibility index (Phi) is 9.52. The van der Waals surface area contributed by atoms with Gasteiger partial charge >= 0.3 is 0 Å². The van der Waals surface area contributed by atoms with Gasteiger partial charge in [-0.3, -0.25) is 14.2 Å². The molecule has 10 nitrogen and oxygen atoms in total. The van der Waals surface area contributed by atoms with E-state index in [-0.39, 0.29) is 30.2 Å². The van der Waals surface area contributed by atoms with Crippen molar-refractivity contribution in [1.82, 2.24) is 25.1 Å². The van der Waals surface area contributed by atoms with Crippen molar-refractivity contribution < 1.29 is 19.1 Å². The van der Waals surface area contributed by atoms with Crippen molar-refractivity contribution in [3.63, 3.8) is 0 Å². The van der Waals surface area contributed by atoms with Crippen LogP contribution in [-0.2, 0) is 11.3 Å². The van der Waals surface area contributed by atoms with Gasteiger partial charge in [-0.25, -0.2) is 5.01 Å². The van der Waals surface area contributed by atoms with E-state index in [1.807, 2.05) is 77.7 Å². The minimum absolute atomic E-state index is 0.0640. The number of nitrogens with one attached hydrogen (secondary N) is 1. The highest BCUT2D eigenvalue weighted by atomic mass is 32.2. The predicted molar refractivity (Wildman–Crippen MR) is 182 cm³/mol. The fraction of sp³-hybridized carbons (Fsp3) is 0.242. The molecule has 0 bridgehead atoms. The second-order valence-corrected chi connectivity index (χ2v) is 13.4. The maximum absolute atomic E-state index is 14.0. The third-order valence-corrected chi connectivity index (χ3v) is 10.2. The number of carbonyl (C=O) groups is 2. The zero-order chi connectivity index (χ0) is 32.2. The Morgan fingerprint density at radius 2 is 1.83 bits per heavy atom. The van der Waals surface area contributed by atoms with Crippen molar-refractivity contribution in [2.45, 2.75) is 38.0 Å². The predicted octanol–water partition coefficient (Wildman–Crippen LogP) is 6.42. The summed E-state index contributed by atoms with van der Waals surface area (Å²) in [5.74, 6) is 1.43. The van der Waals surface area contributed by atoms with Crippen LogP contribution in [0.15, 0.2) is 81.7 Å². The lowest BCUT2D eigenvalue weighted by Crippen LogP contribution is -2.29. The van der Waals surface area contributed by atoms with Gasteiger partial charge in [0.05, 0.1) is 53.7 Å². The maximum atomic E-state index is 14.0. The number of aromatic nitrogens is 3. The lowest BCUT2D eigenvalue weighted by Gasteiger charge is -2.24. The van der Waals surface area contributed by atoms with E-state index in [1.165, 1.54) is 23.1 Å². The third-order valence-electron chi connectivity index (χ3n) is 7.55. The van der Waals surface area contributed by atoms with Crippen molar-refractivity contribution in [1.29, 1.82) is 0 Å². The molecule has 2 aromatic carbocycles. The lowest BCUT2D eigenvalue weighted by atomic mass is 9.99. The molecule has 6 rings (SSSR count). The number of hydrogen-bond donors (Lipinski definition) is 1. The van der Waals surface area contributed by atoms with E-state index in [1.54, 1.807) is 36.6 Å². The van der Waals surface area contributed by atoms with Crippen LogP contribution >= 0.6 is 34.4 Å². The molecular formula is C33H32N6O4S3. The quantitative estimate of drug-likeness (QED) is 0.161. The molecule has 0 fully saturated rings. The number of benzene rings is 2. The van der Waals surface area contributed by atoms with E-state index < -0.39 is 0 Å². The van der Waals surface area contributed by atoms with Crippen LogP contribution in [0.2, 0.25) is 0 Å². The van der Waals surface area contributed by atoms with Gasteiger partial charge in [0.1, 0.15) is 0 Å². The Morgan fingerprint density at radius 3 is 2.57 bits per heavy atom. The topological polar surface area (TPSA) is 111 Å². The Labute approximate surface area is 279 Å². The third kappa shape index (κ3) is 6.43. The normalized spacial score (nSPS) is 14.3. The van der Waals surface area contributed by atoms with Gasteiger partial charge in [0.2, 0.25) is 0 Å². The van der Waals surface area contributed by atoms with Crippen molar-refractivity contribution in [2.75, 3.05) is 20.0 Å². The molecule has 46 heavy (non-hydrogen) atoms. The van der Waals surface area contributed by atoms with Gasteiger partial charge in [-0.05, 0) is 60.0 Å². The molecular weight excluding hydrogens is 641 g/mol. The molecule has 0 aliphatic carbocycles. The zero-order valence-corrected chi connectivity index (χ0v) is 28.2. The average molecular weight is 673 g/mol. The fourth-order valence-corrected chi connectivity index (χ4v) is 7.48. The summed E-state index contributed by atoms with van der Waals surface area (Å²) in [6.07, 6.45) is 0.535. The summed E-state index contributed by atoms with van der Waals surface area (Å²) >= 11 is 4.25. The van der Waals surface area contributed by atoms with Crippen molar-refractivity contribution >= 4 is 52.0 Å². The largest absolute Gasteiger partial charge is 0.493 e. The number of amides is 2. The van der Waals surface area contributed by atoms with E-state index >= 15 is 0 Å². The molecule has 0 spiro atoms. The number of hydrogen-bond acceptors (Lipinski definition) is 10. The van der Waals surface area contributed by atoms with Crippen molar-refractivity contribution in [2.24, 2.45) is 5.10 Å². The highest BCUT2D eigenvalue weighted by Gasteiger charge is 2.36. The standard InChI is InChI=1S/C33H32N6O4S3/c1-20-12-13-21(2)24(16-20)38-29(18-34-32(41)28-11-7-15-45-28)35-36-33(38)46-19-30(40)39-25(17-23(37-39)27-10-6-14-44-27)22-8-5-9-26(42-3)31(22)43-4/h5-16,25H,17-19H2,1-4H3,(H,34,41). The number of para-hydroxylation sites is 1. The summed E-state index contributed by atoms with van der Waals surface area (Å²) in [4.78, 5) is 28.4. The molecule has 0 saturated carbocycles. The second kappa shape index (κ2) is 13.9. The van der Waals surface area contributed by atoms with Gasteiger partial charge in [0, 0.05) is 12.0 Å². The Balaban J connectivity index is 1.29. The van der Waals surface area contributed by atoms with Gasteiger partial charge in [0.15, 0.2) is 22.5 Å². The van der Waals surface area contributed by atoms with Crippen LogP contribution in [0.3, 0.4) is 0 Å². The number of hydrazone groups is 1. The first-order valence-electron chi connectivity index (χ1n) is 14.5. The fourth-order valence-electron chi connectivity index (χ4n) is 5.31. The molecule has 0 radical (unpaired) electrons. The first-order valence-corrected chi connectivity index (χ1v) is 17.2. The monoisotopic (exact) mass is 672 g/mol. The summed E-state index contributed by atoms with van der Waals surface area (Å²) < 4.78 is 13.2. The Bertz CT molecular complexity index is 1890. The van der Waals surface area contributed by atoms with Crippen molar-refractivity contribution in [3.05, 3.63) is 104 Å². The summed E-state index contributed by atoms with van der Waals surface area (Å²) in [6.45, 7) is 4.20. The van der Waals surface area contributed by atoms with E-state index in [0.29, 0.717) is 33.8 Å². The van der Waals surface area contributed by atoms with Crippen LogP contribution in [0.4, 0.5) is 0 Å². The number of aryl methyl sites for hydroxylation is 2. The molecule has 1 aliphatic heterocycles. The number of ether oxygens (including phenoxy) is 2. The molecule has 1 atom stereocenters. The molecule has 236 valence electrons. The summed E-state index contributed by atoms with van der Waals surface area (Å²) in [6, 6.07) is 19.0. The van der Waals surface area contributed by atoms with Gasteiger partial charge in [0.25, 0.3) is 11.8 Å². The average Bonchev–Trinajstić information content (AvgIpc) is 3.90. The highest BCUT2D eigenvalue weighted by molar-refractivity contribution is 7.99. The zero-order valence-electron chi connectivity index (χ0n) is 25.7. The van der Waals surface area contributed by atoms with Gasteiger partial charge in [-0.15, -0.1) is 32.9 Å². The minimum Gasteiger partial charge on any atom is -0.493 e. The number of nitrogens with zero attached hydrogens (tertiary/aromatic N) is 5. The maximum Gasteiger partial charge on any atom is 0.261 e. The molecule has 2 amide bonds. The second-order valence-electron chi connectivity index (χ2n) is 10.5. The first kappa shape index (κ1) is 31.5. The van der Waals surface area contributed by atoms with E-state index in [2.05, 4.69) is 21.6 Å². The molecule has 3 aromatic heterocycles. The molecule has 1 N–H and O–H groups in total. The number of rotatable bonds is 11. The smallest absolute Gasteiger partial charge is 0.261 e. The van der Waals surface area contributed by atoms with E-state index in [0.717, 1.165) is 33.0 Å². The van der Waals surface area contributed by atoms with E-state index in [9.17, 15) is 9.59 Å². The number of thiophene rings is 2. The highest BCUT2D eigenvalue weighted by Crippen LogP contribution is 2.42. The molecule has 13 heteroatoms. The number of thioether (sulfide) groups is 1. The summed E-state index contributed by atoms with van der Waals surface area (Å²) in [5.41, 5.74) is 4.62. The molecule has 1 unspecified atom stereocenters. The van der Waals surface area contributed by atoms with Crippen LogP contribution in [0.5, 0.6) is 11.5 Å².